The van der Waals surface area contributed by atoms with Crippen LogP contribution in [0.5, 0.6) is 0 Å². The van der Waals surface area contributed by atoms with Crippen molar-refractivity contribution in [1.29, 1.82) is 0 Å². The molecule has 0 aliphatic carbocycles. The fourth-order valence-corrected chi connectivity index (χ4v) is 1.81. The van der Waals surface area contributed by atoms with Gasteiger partial charge in [0.15, 0.2) is 0 Å². The second kappa shape index (κ2) is 7.66. The second-order valence-electron chi connectivity index (χ2n) is 3.43. The summed E-state index contributed by atoms with van der Waals surface area (Å²) >= 11 is 9.41. The van der Waals surface area contributed by atoms with Crippen molar-refractivity contribution in [2.75, 3.05) is 19.8 Å². The largest absolute Gasteiger partial charge is 0.370 e. The highest BCUT2D eigenvalue weighted by atomic mass is 79.9. The maximum Gasteiger partial charge on any atom is 0.243 e. The average molecular weight is 322 g/mol. The predicted molar refractivity (Wildman–Crippen MR) is 70.9 cm³/mol. The molecule has 1 rings (SSSR count). The van der Waals surface area contributed by atoms with Gasteiger partial charge in [0.1, 0.15) is 6.61 Å². The van der Waals surface area contributed by atoms with Crippen molar-refractivity contribution in [3.63, 3.8) is 0 Å². The molecule has 0 aromatic heterocycles. The van der Waals surface area contributed by atoms with Crippen LogP contribution in [0.25, 0.3) is 0 Å². The molecule has 0 spiro atoms. The lowest BCUT2D eigenvalue weighted by Crippen LogP contribution is -2.23. The van der Waals surface area contributed by atoms with E-state index in [1.54, 1.807) is 0 Å². The van der Waals surface area contributed by atoms with Gasteiger partial charge in [0.25, 0.3) is 0 Å². The van der Waals surface area contributed by atoms with E-state index in [1.165, 1.54) is 0 Å². The third-order valence-corrected chi connectivity index (χ3v) is 2.85. The van der Waals surface area contributed by atoms with Gasteiger partial charge in [-0.2, -0.15) is 0 Å². The van der Waals surface area contributed by atoms with Crippen LogP contribution in [-0.2, 0) is 16.1 Å². The summed E-state index contributed by atoms with van der Waals surface area (Å²) in [5.41, 5.74) is 5.94. The zero-order chi connectivity index (χ0) is 12.7. The number of rotatable bonds is 7. The standard InChI is InChI=1S/C11H14BrClN2O2/c12-9-1-2-10(13)8(5-9)6-15-3-4-17-7-11(14)16/h1-2,5,15H,3-4,6-7H2,(H2,14,16). The molecule has 6 heteroatoms. The highest BCUT2D eigenvalue weighted by Gasteiger charge is 2.00. The van der Waals surface area contributed by atoms with Gasteiger partial charge in [0.2, 0.25) is 5.91 Å². The van der Waals surface area contributed by atoms with Gasteiger partial charge in [-0.15, -0.1) is 0 Å². The lowest BCUT2D eigenvalue weighted by atomic mass is 10.2. The normalized spacial score (nSPS) is 10.5. The van der Waals surface area contributed by atoms with Crippen LogP contribution < -0.4 is 11.1 Å². The van der Waals surface area contributed by atoms with Gasteiger partial charge in [0.05, 0.1) is 6.61 Å². The molecule has 0 unspecified atom stereocenters. The molecule has 0 bridgehead atoms. The first-order valence-corrected chi connectivity index (χ1v) is 6.27. The molecule has 0 atom stereocenters. The number of carbonyl (C=O) groups excluding carboxylic acids is 1. The lowest BCUT2D eigenvalue weighted by molar-refractivity contribution is -0.122. The van der Waals surface area contributed by atoms with Crippen molar-refractivity contribution in [2.45, 2.75) is 6.54 Å². The van der Waals surface area contributed by atoms with E-state index in [9.17, 15) is 4.79 Å². The fourth-order valence-electron chi connectivity index (χ4n) is 1.22. The van der Waals surface area contributed by atoms with E-state index >= 15 is 0 Å². The van der Waals surface area contributed by atoms with Crippen molar-refractivity contribution in [2.24, 2.45) is 5.73 Å². The Morgan fingerprint density at radius 3 is 3.00 bits per heavy atom. The minimum Gasteiger partial charge on any atom is -0.370 e. The van der Waals surface area contributed by atoms with Crippen molar-refractivity contribution < 1.29 is 9.53 Å². The van der Waals surface area contributed by atoms with Gasteiger partial charge in [-0.05, 0) is 23.8 Å². The summed E-state index contributed by atoms with van der Waals surface area (Å²) in [7, 11) is 0. The number of primary amides is 1. The van der Waals surface area contributed by atoms with Crippen LogP contribution in [0.4, 0.5) is 0 Å². The number of nitrogens with one attached hydrogen (secondary N) is 1. The van der Waals surface area contributed by atoms with Crippen LogP contribution in [0.15, 0.2) is 22.7 Å². The first kappa shape index (κ1) is 14.4. The molecule has 3 N–H and O–H groups in total. The molecule has 17 heavy (non-hydrogen) atoms. The highest BCUT2D eigenvalue weighted by Crippen LogP contribution is 2.20. The summed E-state index contributed by atoms with van der Waals surface area (Å²) in [5.74, 6) is -0.458. The Morgan fingerprint density at radius 2 is 2.29 bits per heavy atom. The number of halogens is 2. The molecule has 0 aliphatic rings. The van der Waals surface area contributed by atoms with Crippen molar-refractivity contribution >= 4 is 33.4 Å². The quantitative estimate of drug-likeness (QED) is 0.751. The van der Waals surface area contributed by atoms with Crippen molar-refractivity contribution in [3.8, 4) is 0 Å². The Labute approximate surface area is 114 Å². The van der Waals surface area contributed by atoms with Gasteiger partial charge >= 0.3 is 0 Å². The number of benzene rings is 1. The molecule has 1 amide bonds. The van der Waals surface area contributed by atoms with Gasteiger partial charge < -0.3 is 15.8 Å². The van der Waals surface area contributed by atoms with E-state index in [1.807, 2.05) is 18.2 Å². The summed E-state index contributed by atoms with van der Waals surface area (Å²) in [6, 6.07) is 5.69. The molecule has 0 saturated carbocycles. The molecule has 1 aromatic carbocycles. The van der Waals surface area contributed by atoms with Gasteiger partial charge in [-0.1, -0.05) is 27.5 Å². The van der Waals surface area contributed by atoms with Crippen LogP contribution in [-0.4, -0.2) is 25.7 Å². The van der Waals surface area contributed by atoms with E-state index in [4.69, 9.17) is 22.1 Å². The van der Waals surface area contributed by atoms with Crippen LogP contribution in [0.1, 0.15) is 5.56 Å². The Hall–Kier alpha value is -0.620. The maximum atomic E-state index is 10.4. The summed E-state index contributed by atoms with van der Waals surface area (Å²) in [6.07, 6.45) is 0. The SMILES string of the molecule is NC(=O)COCCNCc1cc(Br)ccc1Cl. The van der Waals surface area contributed by atoms with Crippen LogP contribution in [0.3, 0.4) is 0 Å². The predicted octanol–water partition coefficient (Wildman–Crippen LogP) is 1.69. The van der Waals surface area contributed by atoms with Crippen molar-refractivity contribution in [3.05, 3.63) is 33.3 Å². The van der Waals surface area contributed by atoms with Crippen molar-refractivity contribution in [1.82, 2.24) is 5.32 Å². The monoisotopic (exact) mass is 320 g/mol. The maximum absolute atomic E-state index is 10.4. The minimum absolute atomic E-state index is 0.0423. The zero-order valence-electron chi connectivity index (χ0n) is 9.21. The number of hydrogen-bond donors (Lipinski definition) is 2. The van der Waals surface area contributed by atoms with Gasteiger partial charge in [-0.3, -0.25) is 4.79 Å². The third kappa shape index (κ3) is 6.02. The Balaban J connectivity index is 2.22. The Kier molecular flexibility index (Phi) is 6.50. The van der Waals surface area contributed by atoms with Gasteiger partial charge in [0, 0.05) is 22.6 Å². The molecule has 94 valence electrons. The fraction of sp³-hybridized carbons (Fsp3) is 0.364. The lowest BCUT2D eigenvalue weighted by Gasteiger charge is -2.07. The molecule has 0 aliphatic heterocycles. The van der Waals surface area contributed by atoms with Crippen LogP contribution in [0, 0.1) is 0 Å². The molecule has 0 saturated heterocycles. The number of nitrogens with two attached hydrogens (primary N) is 1. The Bertz CT molecular complexity index is 388. The third-order valence-electron chi connectivity index (χ3n) is 1.99. The van der Waals surface area contributed by atoms with E-state index in [-0.39, 0.29) is 6.61 Å². The molecular formula is C11H14BrClN2O2. The summed E-state index contributed by atoms with van der Waals surface area (Å²) in [5, 5.41) is 3.88. The molecule has 0 heterocycles. The smallest absolute Gasteiger partial charge is 0.243 e. The van der Waals surface area contributed by atoms with Crippen LogP contribution in [0.2, 0.25) is 5.02 Å². The minimum atomic E-state index is -0.458. The average Bonchev–Trinajstić information content (AvgIpc) is 2.27. The number of amides is 1. The van der Waals surface area contributed by atoms with E-state index < -0.39 is 5.91 Å². The molecule has 1 aromatic rings. The number of hydrogen-bond acceptors (Lipinski definition) is 3. The number of ether oxygens (including phenoxy) is 1. The molecule has 0 radical (unpaired) electrons. The van der Waals surface area contributed by atoms with Crippen LogP contribution >= 0.6 is 27.5 Å². The first-order chi connectivity index (χ1) is 8.09. The summed E-state index contributed by atoms with van der Waals surface area (Å²) in [4.78, 5) is 10.4. The topological polar surface area (TPSA) is 64.4 Å². The zero-order valence-corrected chi connectivity index (χ0v) is 11.6. The molecular weight excluding hydrogens is 307 g/mol. The summed E-state index contributed by atoms with van der Waals surface area (Å²) in [6.45, 7) is 1.68. The van der Waals surface area contributed by atoms with E-state index in [2.05, 4.69) is 21.2 Å². The van der Waals surface area contributed by atoms with E-state index in [0.717, 1.165) is 15.1 Å². The van der Waals surface area contributed by atoms with Gasteiger partial charge in [-0.25, -0.2) is 0 Å². The van der Waals surface area contributed by atoms with E-state index in [0.29, 0.717) is 19.7 Å². The molecule has 4 nitrogen and oxygen atoms in total. The Morgan fingerprint density at radius 1 is 1.53 bits per heavy atom. The highest BCUT2D eigenvalue weighted by molar-refractivity contribution is 9.10. The molecule has 0 fully saturated rings. The first-order valence-electron chi connectivity index (χ1n) is 5.10. The second-order valence-corrected chi connectivity index (χ2v) is 4.75. The summed E-state index contributed by atoms with van der Waals surface area (Å²) < 4.78 is 6.00. The number of carbonyl (C=O) groups is 1.